The van der Waals surface area contributed by atoms with Gasteiger partial charge in [-0.25, -0.2) is 15.4 Å². The van der Waals surface area contributed by atoms with Crippen molar-refractivity contribution >= 4 is 17.5 Å². The molecule has 8 nitrogen and oxygen atoms in total. The first-order chi connectivity index (χ1) is 14.6. The number of aromatic nitrogens is 2. The third-order valence-corrected chi connectivity index (χ3v) is 5.55. The van der Waals surface area contributed by atoms with E-state index < -0.39 is 5.91 Å². The molecule has 1 fully saturated rings. The van der Waals surface area contributed by atoms with Gasteiger partial charge in [-0.1, -0.05) is 24.8 Å². The van der Waals surface area contributed by atoms with Crippen LogP contribution >= 0.6 is 0 Å². The summed E-state index contributed by atoms with van der Waals surface area (Å²) in [7, 11) is 2.02. The lowest BCUT2D eigenvalue weighted by Gasteiger charge is -2.32. The van der Waals surface area contributed by atoms with E-state index in [-0.39, 0.29) is 5.56 Å². The highest BCUT2D eigenvalue weighted by atomic mass is 16.5. The van der Waals surface area contributed by atoms with E-state index in [4.69, 9.17) is 5.21 Å². The fourth-order valence-corrected chi connectivity index (χ4v) is 3.70. The van der Waals surface area contributed by atoms with Crippen LogP contribution in [0.5, 0.6) is 0 Å². The van der Waals surface area contributed by atoms with E-state index >= 15 is 0 Å². The van der Waals surface area contributed by atoms with Crippen LogP contribution in [0.1, 0.15) is 28.8 Å². The first-order valence-electron chi connectivity index (χ1n) is 10.3. The lowest BCUT2D eigenvalue weighted by molar-refractivity contribution is 0.0705. The minimum absolute atomic E-state index is 0.237. The minimum atomic E-state index is -0.606. The predicted octanol–water partition coefficient (Wildman–Crippen LogP) is 2.22. The summed E-state index contributed by atoms with van der Waals surface area (Å²) in [6, 6.07) is 8.43. The minimum Gasteiger partial charge on any atom is -0.351 e. The molecule has 1 aromatic heterocycles. The summed E-state index contributed by atoms with van der Waals surface area (Å²) < 4.78 is 0. The van der Waals surface area contributed by atoms with E-state index in [1.165, 1.54) is 23.6 Å². The summed E-state index contributed by atoms with van der Waals surface area (Å²) in [6.45, 7) is 7.58. The molecule has 2 aromatic rings. The molecule has 1 amide bonds. The van der Waals surface area contributed by atoms with Gasteiger partial charge < -0.3 is 15.1 Å². The third kappa shape index (κ3) is 5.55. The summed E-state index contributed by atoms with van der Waals surface area (Å²) in [6.07, 6.45) is 7.83. The van der Waals surface area contributed by atoms with E-state index in [1.54, 1.807) is 5.48 Å². The molecular formula is C22H30N6O2. The topological polar surface area (TPSA) is 93.6 Å². The van der Waals surface area contributed by atoms with Crippen LogP contribution in [0.4, 0.5) is 11.6 Å². The Balaban J connectivity index is 1.40. The average molecular weight is 411 g/mol. The van der Waals surface area contributed by atoms with Crippen LogP contribution in [0.3, 0.4) is 0 Å². The number of amides is 1. The van der Waals surface area contributed by atoms with Gasteiger partial charge in [-0.15, -0.1) is 0 Å². The Bertz CT molecular complexity index is 834. The Labute approximate surface area is 177 Å². The normalized spacial score (nSPS) is 14.4. The number of benzene rings is 1. The fraction of sp³-hybridized carbons (Fsp3) is 0.409. The number of carbonyl (C=O) groups is 1. The molecule has 3 rings (SSSR count). The second-order valence-electron chi connectivity index (χ2n) is 7.52. The van der Waals surface area contributed by atoms with Gasteiger partial charge in [0.15, 0.2) is 0 Å². The molecule has 0 atom stereocenters. The molecule has 160 valence electrons. The fourth-order valence-electron chi connectivity index (χ4n) is 3.70. The van der Waals surface area contributed by atoms with Gasteiger partial charge in [0.1, 0.15) is 0 Å². The van der Waals surface area contributed by atoms with Gasteiger partial charge in [-0.2, -0.15) is 0 Å². The second-order valence-corrected chi connectivity index (χ2v) is 7.52. The summed E-state index contributed by atoms with van der Waals surface area (Å²) in [5.74, 6) is 0.649. The van der Waals surface area contributed by atoms with Crippen molar-refractivity contribution in [3.05, 3.63) is 60.6 Å². The van der Waals surface area contributed by atoms with Crippen LogP contribution in [-0.4, -0.2) is 54.3 Å². The van der Waals surface area contributed by atoms with Gasteiger partial charge in [0, 0.05) is 38.2 Å². The molecule has 0 spiro atoms. The Hall–Kier alpha value is -2.97. The van der Waals surface area contributed by atoms with Crippen LogP contribution in [0.2, 0.25) is 0 Å². The Morgan fingerprint density at radius 2 is 2.00 bits per heavy atom. The van der Waals surface area contributed by atoms with E-state index in [1.807, 2.05) is 13.2 Å². The van der Waals surface area contributed by atoms with Crippen molar-refractivity contribution in [1.82, 2.24) is 20.8 Å². The summed E-state index contributed by atoms with van der Waals surface area (Å²) >= 11 is 0. The maximum Gasteiger partial charge on any atom is 0.277 e. The van der Waals surface area contributed by atoms with Gasteiger partial charge in [-0.05, 0) is 56.1 Å². The summed E-state index contributed by atoms with van der Waals surface area (Å²) in [5, 5.41) is 12.3. The summed E-state index contributed by atoms with van der Waals surface area (Å²) in [4.78, 5) is 24.0. The smallest absolute Gasteiger partial charge is 0.277 e. The number of hydrogen-bond donors (Lipinski definition) is 3. The highest BCUT2D eigenvalue weighted by Crippen LogP contribution is 2.21. The molecule has 0 saturated carbocycles. The molecule has 30 heavy (non-hydrogen) atoms. The second kappa shape index (κ2) is 10.7. The SMILES string of the molecule is C=CN(C)c1ccccc1CCNCC1CCN(c2ncc(C(=O)NO)cn2)CC1. The zero-order valence-corrected chi connectivity index (χ0v) is 17.4. The number of anilines is 2. The molecule has 2 heterocycles. The van der Waals surface area contributed by atoms with E-state index in [0.29, 0.717) is 11.9 Å². The Morgan fingerprint density at radius 3 is 2.67 bits per heavy atom. The van der Waals surface area contributed by atoms with Crippen molar-refractivity contribution in [2.24, 2.45) is 5.92 Å². The van der Waals surface area contributed by atoms with E-state index in [0.717, 1.165) is 45.4 Å². The molecule has 1 saturated heterocycles. The zero-order chi connectivity index (χ0) is 21.3. The van der Waals surface area contributed by atoms with Crippen LogP contribution in [0.25, 0.3) is 0 Å². The van der Waals surface area contributed by atoms with Crippen LogP contribution < -0.4 is 20.6 Å². The summed E-state index contributed by atoms with van der Waals surface area (Å²) in [5.41, 5.74) is 4.34. The van der Waals surface area contributed by atoms with Crippen molar-refractivity contribution in [3.63, 3.8) is 0 Å². The molecule has 0 bridgehead atoms. The zero-order valence-electron chi connectivity index (χ0n) is 17.4. The first-order valence-corrected chi connectivity index (χ1v) is 10.3. The van der Waals surface area contributed by atoms with Gasteiger partial charge in [0.05, 0.1) is 5.56 Å². The van der Waals surface area contributed by atoms with Gasteiger partial charge in [0.25, 0.3) is 5.91 Å². The van der Waals surface area contributed by atoms with E-state index in [2.05, 4.69) is 55.9 Å². The molecule has 8 heteroatoms. The monoisotopic (exact) mass is 410 g/mol. The van der Waals surface area contributed by atoms with Gasteiger partial charge in [0.2, 0.25) is 5.95 Å². The van der Waals surface area contributed by atoms with Crippen LogP contribution in [0, 0.1) is 5.92 Å². The highest BCUT2D eigenvalue weighted by molar-refractivity contribution is 5.92. The molecule has 1 aliphatic rings. The van der Waals surface area contributed by atoms with Crippen molar-refractivity contribution in [1.29, 1.82) is 0 Å². The maximum atomic E-state index is 11.4. The number of piperidine rings is 1. The number of carbonyl (C=O) groups excluding carboxylic acids is 1. The number of hydrogen-bond acceptors (Lipinski definition) is 7. The molecular weight excluding hydrogens is 380 g/mol. The van der Waals surface area contributed by atoms with Crippen molar-refractivity contribution in [2.75, 3.05) is 43.0 Å². The maximum absolute atomic E-state index is 11.4. The number of hydroxylamine groups is 1. The molecule has 0 unspecified atom stereocenters. The highest BCUT2D eigenvalue weighted by Gasteiger charge is 2.21. The van der Waals surface area contributed by atoms with Gasteiger partial charge >= 0.3 is 0 Å². The lowest BCUT2D eigenvalue weighted by atomic mass is 9.97. The standard InChI is InChI=1S/C22H30N6O2/c1-3-27(2)20-7-5-4-6-18(20)8-11-23-14-17-9-12-28(13-10-17)22-24-15-19(16-25-22)21(29)26-30/h3-7,15-17,23,30H,1,8-14H2,2H3,(H,26,29). The number of para-hydroxylation sites is 1. The number of rotatable bonds is 9. The first kappa shape index (κ1) is 21.7. The number of nitrogens with zero attached hydrogens (tertiary/aromatic N) is 4. The molecule has 1 aromatic carbocycles. The Morgan fingerprint density at radius 1 is 1.30 bits per heavy atom. The lowest BCUT2D eigenvalue weighted by Crippen LogP contribution is -2.38. The third-order valence-electron chi connectivity index (χ3n) is 5.55. The molecule has 1 aliphatic heterocycles. The van der Waals surface area contributed by atoms with Gasteiger partial charge in [-0.3, -0.25) is 10.0 Å². The van der Waals surface area contributed by atoms with Crippen LogP contribution in [0.15, 0.2) is 49.4 Å². The Kier molecular flexibility index (Phi) is 7.75. The largest absolute Gasteiger partial charge is 0.351 e. The number of nitrogens with one attached hydrogen (secondary N) is 2. The predicted molar refractivity (Wildman–Crippen MR) is 118 cm³/mol. The van der Waals surface area contributed by atoms with E-state index in [9.17, 15) is 4.79 Å². The quantitative estimate of drug-likeness (QED) is 0.332. The molecule has 3 N–H and O–H groups in total. The average Bonchev–Trinajstić information content (AvgIpc) is 2.81. The van der Waals surface area contributed by atoms with Crippen molar-refractivity contribution in [3.8, 4) is 0 Å². The molecule has 0 radical (unpaired) electrons. The van der Waals surface area contributed by atoms with Crippen molar-refractivity contribution in [2.45, 2.75) is 19.3 Å². The van der Waals surface area contributed by atoms with Crippen molar-refractivity contribution < 1.29 is 10.0 Å². The molecule has 0 aliphatic carbocycles. The van der Waals surface area contributed by atoms with Crippen LogP contribution in [-0.2, 0) is 6.42 Å².